The zero-order chi connectivity index (χ0) is 18.6. The first-order valence-corrected chi connectivity index (χ1v) is 9.83. The molecule has 0 spiro atoms. The number of likely N-dealkylation sites (tertiary alicyclic amines) is 1. The number of nitrogens with one attached hydrogen (secondary N) is 1. The number of hydrogen-bond acceptors (Lipinski definition) is 7. The van der Waals surface area contributed by atoms with Crippen LogP contribution in [0.15, 0.2) is 18.5 Å². The fourth-order valence-electron chi connectivity index (χ4n) is 3.99. The molecule has 4 heterocycles. The monoisotopic (exact) mass is 369 g/mol. The van der Waals surface area contributed by atoms with Gasteiger partial charge in [0.1, 0.15) is 17.7 Å². The lowest BCUT2D eigenvalue weighted by Gasteiger charge is -2.34. The molecule has 2 fully saturated rings. The Bertz CT molecular complexity index is 806. The van der Waals surface area contributed by atoms with Crippen LogP contribution in [0.3, 0.4) is 0 Å². The molecule has 2 saturated heterocycles. The molecular weight excluding hydrogens is 342 g/mol. The molecular formula is C19H27N7O. The Morgan fingerprint density at radius 1 is 1.19 bits per heavy atom. The van der Waals surface area contributed by atoms with Crippen molar-refractivity contribution in [1.29, 1.82) is 0 Å². The second-order valence-electron chi connectivity index (χ2n) is 7.45. The predicted molar refractivity (Wildman–Crippen MR) is 105 cm³/mol. The van der Waals surface area contributed by atoms with Crippen LogP contribution in [0.5, 0.6) is 0 Å². The van der Waals surface area contributed by atoms with Gasteiger partial charge in [-0.15, -0.1) is 0 Å². The van der Waals surface area contributed by atoms with Crippen LogP contribution in [-0.2, 0) is 4.79 Å². The van der Waals surface area contributed by atoms with Crippen LogP contribution in [0.1, 0.15) is 32.1 Å². The SMILES string of the molecule is Nc1ncnc2ccc(N3CCC[C@H](NC(=O)CCN4CCCC4)C3)nc12. The second-order valence-corrected chi connectivity index (χ2v) is 7.45. The molecule has 2 aromatic rings. The Morgan fingerprint density at radius 3 is 2.89 bits per heavy atom. The first kappa shape index (κ1) is 17.9. The summed E-state index contributed by atoms with van der Waals surface area (Å²) in [7, 11) is 0. The first-order chi connectivity index (χ1) is 13.2. The molecule has 2 aliphatic rings. The Hall–Kier alpha value is -2.48. The van der Waals surface area contributed by atoms with Gasteiger partial charge in [-0.05, 0) is 50.9 Å². The fraction of sp³-hybridized carbons (Fsp3) is 0.579. The van der Waals surface area contributed by atoms with Crippen LogP contribution in [0.25, 0.3) is 11.0 Å². The van der Waals surface area contributed by atoms with Gasteiger partial charge in [0.25, 0.3) is 0 Å². The summed E-state index contributed by atoms with van der Waals surface area (Å²) in [4.78, 5) is 29.8. The van der Waals surface area contributed by atoms with Crippen LogP contribution in [0.2, 0.25) is 0 Å². The van der Waals surface area contributed by atoms with Crippen LogP contribution in [-0.4, -0.2) is 64.5 Å². The van der Waals surface area contributed by atoms with E-state index in [4.69, 9.17) is 5.73 Å². The molecule has 0 radical (unpaired) electrons. The summed E-state index contributed by atoms with van der Waals surface area (Å²) in [5.74, 6) is 1.41. The van der Waals surface area contributed by atoms with Gasteiger partial charge in [-0.2, -0.15) is 0 Å². The van der Waals surface area contributed by atoms with Gasteiger partial charge in [-0.3, -0.25) is 4.79 Å². The van der Waals surface area contributed by atoms with Gasteiger partial charge in [0.2, 0.25) is 5.91 Å². The van der Waals surface area contributed by atoms with Crippen molar-refractivity contribution in [3.63, 3.8) is 0 Å². The maximum Gasteiger partial charge on any atom is 0.221 e. The minimum absolute atomic E-state index is 0.151. The lowest BCUT2D eigenvalue weighted by atomic mass is 10.1. The largest absolute Gasteiger partial charge is 0.382 e. The van der Waals surface area contributed by atoms with E-state index in [1.54, 1.807) is 0 Å². The molecule has 2 aliphatic heterocycles. The van der Waals surface area contributed by atoms with E-state index < -0.39 is 0 Å². The highest BCUT2D eigenvalue weighted by molar-refractivity contribution is 5.85. The van der Waals surface area contributed by atoms with E-state index in [-0.39, 0.29) is 11.9 Å². The van der Waals surface area contributed by atoms with E-state index in [1.165, 1.54) is 19.2 Å². The van der Waals surface area contributed by atoms with Crippen molar-refractivity contribution in [2.24, 2.45) is 0 Å². The molecule has 1 atom stereocenters. The van der Waals surface area contributed by atoms with Gasteiger partial charge in [0.05, 0.1) is 5.52 Å². The van der Waals surface area contributed by atoms with Crippen LogP contribution < -0.4 is 16.0 Å². The molecule has 0 saturated carbocycles. The molecule has 8 heteroatoms. The van der Waals surface area contributed by atoms with Crippen molar-refractivity contribution in [2.75, 3.05) is 43.4 Å². The zero-order valence-electron chi connectivity index (χ0n) is 15.6. The highest BCUT2D eigenvalue weighted by Crippen LogP contribution is 2.22. The molecule has 0 bridgehead atoms. The Kier molecular flexibility index (Phi) is 5.33. The number of pyridine rings is 1. The molecule has 2 aromatic heterocycles. The van der Waals surface area contributed by atoms with Gasteiger partial charge < -0.3 is 20.9 Å². The van der Waals surface area contributed by atoms with Crippen molar-refractivity contribution in [3.05, 3.63) is 18.5 Å². The summed E-state index contributed by atoms with van der Waals surface area (Å²) >= 11 is 0. The van der Waals surface area contributed by atoms with Gasteiger partial charge in [-0.25, -0.2) is 15.0 Å². The topological polar surface area (TPSA) is 100 Å². The summed E-state index contributed by atoms with van der Waals surface area (Å²) in [6.07, 6.45) is 6.58. The standard InChI is InChI=1S/C19H27N7O/c20-19-18-15(21-13-22-19)5-6-16(24-18)26-10-3-4-14(12-26)23-17(27)7-11-25-8-1-2-9-25/h5-6,13-14H,1-4,7-12H2,(H,23,27)(H2,20,21,22)/t14-/m0/s1. The van der Waals surface area contributed by atoms with Crippen LogP contribution in [0.4, 0.5) is 11.6 Å². The molecule has 0 aromatic carbocycles. The van der Waals surface area contributed by atoms with E-state index in [2.05, 4.69) is 30.1 Å². The number of aromatic nitrogens is 3. The summed E-state index contributed by atoms with van der Waals surface area (Å²) in [6, 6.07) is 4.05. The van der Waals surface area contributed by atoms with Gasteiger partial charge >= 0.3 is 0 Å². The molecule has 0 aliphatic carbocycles. The number of amides is 1. The number of nitrogens with zero attached hydrogens (tertiary/aromatic N) is 5. The van der Waals surface area contributed by atoms with Crippen molar-refractivity contribution in [3.8, 4) is 0 Å². The first-order valence-electron chi connectivity index (χ1n) is 9.83. The molecule has 1 amide bonds. The van der Waals surface area contributed by atoms with Gasteiger partial charge in [-0.1, -0.05) is 0 Å². The maximum atomic E-state index is 12.3. The van der Waals surface area contributed by atoms with Crippen LogP contribution in [0, 0.1) is 0 Å². The third-order valence-electron chi connectivity index (χ3n) is 5.46. The number of nitrogens with two attached hydrogens (primary N) is 1. The normalized spacial score (nSPS) is 20.9. The number of fused-ring (bicyclic) bond motifs is 1. The Labute approximate surface area is 159 Å². The summed E-state index contributed by atoms with van der Waals surface area (Å²) in [5, 5.41) is 3.21. The third-order valence-corrected chi connectivity index (χ3v) is 5.46. The average Bonchev–Trinajstić information content (AvgIpc) is 3.20. The lowest BCUT2D eigenvalue weighted by Crippen LogP contribution is -2.48. The molecule has 144 valence electrons. The molecule has 3 N–H and O–H groups in total. The number of nitrogen functional groups attached to an aromatic ring is 1. The highest BCUT2D eigenvalue weighted by atomic mass is 16.1. The number of anilines is 2. The number of hydrogen-bond donors (Lipinski definition) is 2. The van der Waals surface area contributed by atoms with E-state index in [9.17, 15) is 4.79 Å². The maximum absolute atomic E-state index is 12.3. The summed E-state index contributed by atoms with van der Waals surface area (Å²) in [5.41, 5.74) is 7.32. The molecule has 8 nitrogen and oxygen atoms in total. The van der Waals surface area contributed by atoms with E-state index in [1.807, 2.05) is 12.1 Å². The Morgan fingerprint density at radius 2 is 2.04 bits per heavy atom. The van der Waals surface area contributed by atoms with Crippen LogP contribution >= 0.6 is 0 Å². The predicted octanol–water partition coefficient (Wildman–Crippen LogP) is 1.18. The van der Waals surface area contributed by atoms with E-state index >= 15 is 0 Å². The minimum atomic E-state index is 0.151. The smallest absolute Gasteiger partial charge is 0.221 e. The summed E-state index contributed by atoms with van der Waals surface area (Å²) < 4.78 is 0. The second kappa shape index (κ2) is 8.04. The molecule has 0 unspecified atom stereocenters. The van der Waals surface area contributed by atoms with Crippen molar-refractivity contribution >= 4 is 28.6 Å². The number of carbonyl (C=O) groups excluding carboxylic acids is 1. The van der Waals surface area contributed by atoms with E-state index in [0.717, 1.165) is 56.9 Å². The van der Waals surface area contributed by atoms with Gasteiger partial charge in [0.15, 0.2) is 5.82 Å². The van der Waals surface area contributed by atoms with Crippen molar-refractivity contribution < 1.29 is 4.79 Å². The summed E-state index contributed by atoms with van der Waals surface area (Å²) in [6.45, 7) is 4.82. The highest BCUT2D eigenvalue weighted by Gasteiger charge is 2.23. The number of piperidine rings is 1. The number of rotatable bonds is 5. The fourth-order valence-corrected chi connectivity index (χ4v) is 3.99. The van der Waals surface area contributed by atoms with Crippen molar-refractivity contribution in [1.82, 2.24) is 25.2 Å². The third kappa shape index (κ3) is 4.27. The quantitative estimate of drug-likeness (QED) is 0.816. The molecule has 4 rings (SSSR count). The lowest BCUT2D eigenvalue weighted by molar-refractivity contribution is -0.122. The minimum Gasteiger partial charge on any atom is -0.382 e. The molecule has 27 heavy (non-hydrogen) atoms. The van der Waals surface area contributed by atoms with Crippen molar-refractivity contribution in [2.45, 2.75) is 38.1 Å². The van der Waals surface area contributed by atoms with Gasteiger partial charge in [0, 0.05) is 32.1 Å². The zero-order valence-corrected chi connectivity index (χ0v) is 15.6. The number of carbonyl (C=O) groups is 1. The van der Waals surface area contributed by atoms with E-state index in [0.29, 0.717) is 17.8 Å². The Balaban J connectivity index is 1.36. The average molecular weight is 369 g/mol.